The maximum atomic E-state index is 5.84. The van der Waals surface area contributed by atoms with Gasteiger partial charge in [0, 0.05) is 12.6 Å². The first kappa shape index (κ1) is 15.3. The van der Waals surface area contributed by atoms with Crippen molar-refractivity contribution in [2.75, 3.05) is 18.5 Å². The topological polar surface area (TPSA) is 73.1 Å². The van der Waals surface area contributed by atoms with E-state index in [9.17, 15) is 0 Å². The molecule has 2 aromatic rings. The number of nitrogens with one attached hydrogen (secondary N) is 1. The lowest BCUT2D eigenvalue weighted by Gasteiger charge is -2.17. The van der Waals surface area contributed by atoms with Crippen molar-refractivity contribution < 1.29 is 4.74 Å². The summed E-state index contributed by atoms with van der Waals surface area (Å²) in [5, 5.41) is 3.32. The SMILES string of the molecule is CCCOc1cncc(NC(CN)Cc2ccccc2)n1. The van der Waals surface area contributed by atoms with E-state index in [-0.39, 0.29) is 6.04 Å². The van der Waals surface area contributed by atoms with Crippen molar-refractivity contribution in [2.24, 2.45) is 5.73 Å². The van der Waals surface area contributed by atoms with Gasteiger partial charge in [0.25, 0.3) is 0 Å². The molecule has 112 valence electrons. The highest BCUT2D eigenvalue weighted by molar-refractivity contribution is 5.35. The standard InChI is InChI=1S/C16H22N4O/c1-2-8-21-16-12-18-11-15(20-16)19-14(10-17)9-13-6-4-3-5-7-13/h3-7,11-12,14H,2,8-10,17H2,1H3,(H,19,20). The summed E-state index contributed by atoms with van der Waals surface area (Å²) in [5.41, 5.74) is 7.09. The fraction of sp³-hybridized carbons (Fsp3) is 0.375. The molecule has 5 nitrogen and oxygen atoms in total. The van der Waals surface area contributed by atoms with Crippen LogP contribution in [0.25, 0.3) is 0 Å². The summed E-state index contributed by atoms with van der Waals surface area (Å²) in [6.07, 6.45) is 5.10. The lowest BCUT2D eigenvalue weighted by atomic mass is 10.1. The Morgan fingerprint density at radius 1 is 1.24 bits per heavy atom. The molecule has 3 N–H and O–H groups in total. The number of hydrogen-bond acceptors (Lipinski definition) is 5. The summed E-state index contributed by atoms with van der Waals surface area (Å²) in [4.78, 5) is 8.53. The molecule has 21 heavy (non-hydrogen) atoms. The normalized spacial score (nSPS) is 11.9. The molecule has 2 rings (SSSR count). The summed E-state index contributed by atoms with van der Waals surface area (Å²) < 4.78 is 5.48. The van der Waals surface area contributed by atoms with E-state index in [1.54, 1.807) is 12.4 Å². The van der Waals surface area contributed by atoms with Gasteiger partial charge in [0.05, 0.1) is 19.0 Å². The van der Waals surface area contributed by atoms with Gasteiger partial charge >= 0.3 is 0 Å². The number of ether oxygens (including phenoxy) is 1. The third kappa shape index (κ3) is 5.04. The predicted molar refractivity (Wildman–Crippen MR) is 84.4 cm³/mol. The molecular weight excluding hydrogens is 264 g/mol. The first-order valence-corrected chi connectivity index (χ1v) is 7.27. The Hall–Kier alpha value is -2.14. The molecule has 0 spiro atoms. The van der Waals surface area contributed by atoms with Crippen molar-refractivity contribution in [1.82, 2.24) is 9.97 Å². The maximum absolute atomic E-state index is 5.84. The number of anilines is 1. The lowest BCUT2D eigenvalue weighted by Crippen LogP contribution is -2.31. The minimum atomic E-state index is 0.114. The summed E-state index contributed by atoms with van der Waals surface area (Å²) in [6, 6.07) is 10.4. The number of nitrogens with zero attached hydrogens (tertiary/aromatic N) is 2. The van der Waals surface area contributed by atoms with Gasteiger partial charge in [-0.25, -0.2) is 0 Å². The molecule has 0 amide bonds. The molecule has 0 radical (unpaired) electrons. The van der Waals surface area contributed by atoms with Crippen LogP contribution in [0.4, 0.5) is 5.82 Å². The van der Waals surface area contributed by atoms with Crippen LogP contribution in [0.5, 0.6) is 5.88 Å². The van der Waals surface area contributed by atoms with Crippen molar-refractivity contribution in [3.63, 3.8) is 0 Å². The Kier molecular flexibility index (Phi) is 5.97. The molecular formula is C16H22N4O. The zero-order chi connectivity index (χ0) is 14.9. The van der Waals surface area contributed by atoms with Crippen molar-refractivity contribution in [1.29, 1.82) is 0 Å². The van der Waals surface area contributed by atoms with E-state index < -0.39 is 0 Å². The zero-order valence-corrected chi connectivity index (χ0v) is 12.3. The van der Waals surface area contributed by atoms with Gasteiger partial charge in [0.1, 0.15) is 5.82 Å². The number of hydrogen-bond donors (Lipinski definition) is 2. The minimum Gasteiger partial charge on any atom is -0.477 e. The van der Waals surface area contributed by atoms with Gasteiger partial charge in [0.15, 0.2) is 0 Å². The number of benzene rings is 1. The second-order valence-corrected chi connectivity index (χ2v) is 4.86. The third-order valence-corrected chi connectivity index (χ3v) is 3.03. The predicted octanol–water partition coefficient (Wildman–Crippen LogP) is 2.25. The first-order chi connectivity index (χ1) is 10.3. The summed E-state index contributed by atoms with van der Waals surface area (Å²) >= 11 is 0. The maximum Gasteiger partial charge on any atom is 0.234 e. The summed E-state index contributed by atoms with van der Waals surface area (Å²) in [5.74, 6) is 1.23. The van der Waals surface area contributed by atoms with E-state index in [0.29, 0.717) is 24.8 Å². The van der Waals surface area contributed by atoms with Crippen LogP contribution in [0.3, 0.4) is 0 Å². The minimum absolute atomic E-state index is 0.114. The molecule has 1 heterocycles. The molecule has 1 atom stereocenters. The highest BCUT2D eigenvalue weighted by atomic mass is 16.5. The van der Waals surface area contributed by atoms with E-state index in [0.717, 1.165) is 12.8 Å². The van der Waals surface area contributed by atoms with Crippen LogP contribution in [-0.2, 0) is 6.42 Å². The smallest absolute Gasteiger partial charge is 0.234 e. The van der Waals surface area contributed by atoms with Gasteiger partial charge in [-0.15, -0.1) is 0 Å². The van der Waals surface area contributed by atoms with E-state index in [2.05, 4.69) is 34.3 Å². The average Bonchev–Trinajstić information content (AvgIpc) is 2.53. The molecule has 1 aromatic carbocycles. The van der Waals surface area contributed by atoms with Gasteiger partial charge < -0.3 is 15.8 Å². The zero-order valence-electron chi connectivity index (χ0n) is 12.3. The Morgan fingerprint density at radius 2 is 2.05 bits per heavy atom. The van der Waals surface area contributed by atoms with E-state index >= 15 is 0 Å². The molecule has 0 aliphatic carbocycles. The van der Waals surface area contributed by atoms with Crippen LogP contribution in [0.2, 0.25) is 0 Å². The van der Waals surface area contributed by atoms with Gasteiger partial charge in [-0.2, -0.15) is 4.98 Å². The van der Waals surface area contributed by atoms with Gasteiger partial charge in [-0.3, -0.25) is 4.98 Å². The molecule has 0 fully saturated rings. The van der Waals surface area contributed by atoms with E-state index in [4.69, 9.17) is 10.5 Å². The molecule has 1 unspecified atom stereocenters. The van der Waals surface area contributed by atoms with E-state index in [1.807, 2.05) is 18.2 Å². The second-order valence-electron chi connectivity index (χ2n) is 4.86. The quantitative estimate of drug-likeness (QED) is 0.778. The highest BCUT2D eigenvalue weighted by Gasteiger charge is 2.09. The van der Waals surface area contributed by atoms with Crippen molar-refractivity contribution in [2.45, 2.75) is 25.8 Å². The second kappa shape index (κ2) is 8.21. The van der Waals surface area contributed by atoms with Crippen LogP contribution in [0.1, 0.15) is 18.9 Å². The van der Waals surface area contributed by atoms with Crippen molar-refractivity contribution in [3.8, 4) is 5.88 Å². The molecule has 1 aromatic heterocycles. The first-order valence-electron chi connectivity index (χ1n) is 7.27. The highest BCUT2D eigenvalue weighted by Crippen LogP contribution is 2.12. The molecule has 0 aliphatic rings. The van der Waals surface area contributed by atoms with Crippen LogP contribution >= 0.6 is 0 Å². The fourth-order valence-electron chi connectivity index (χ4n) is 1.99. The monoisotopic (exact) mass is 286 g/mol. The lowest BCUT2D eigenvalue weighted by molar-refractivity contribution is 0.304. The fourth-order valence-corrected chi connectivity index (χ4v) is 1.99. The third-order valence-electron chi connectivity index (χ3n) is 3.03. The Labute approximate surface area is 125 Å². The van der Waals surface area contributed by atoms with Crippen LogP contribution in [0, 0.1) is 0 Å². The Bertz CT molecular complexity index is 533. The number of nitrogens with two attached hydrogens (primary N) is 1. The Morgan fingerprint density at radius 3 is 2.76 bits per heavy atom. The summed E-state index contributed by atoms with van der Waals surface area (Å²) in [7, 11) is 0. The Balaban J connectivity index is 1.98. The van der Waals surface area contributed by atoms with Gasteiger partial charge in [-0.05, 0) is 18.4 Å². The number of aromatic nitrogens is 2. The van der Waals surface area contributed by atoms with Crippen LogP contribution in [-0.4, -0.2) is 29.2 Å². The molecule has 5 heteroatoms. The largest absolute Gasteiger partial charge is 0.477 e. The van der Waals surface area contributed by atoms with Gasteiger partial charge in [-0.1, -0.05) is 37.3 Å². The van der Waals surface area contributed by atoms with Crippen LogP contribution < -0.4 is 15.8 Å². The molecule has 0 saturated carbocycles. The molecule has 0 saturated heterocycles. The number of rotatable bonds is 8. The summed E-state index contributed by atoms with van der Waals surface area (Å²) in [6.45, 7) is 3.22. The molecule has 0 aliphatic heterocycles. The van der Waals surface area contributed by atoms with E-state index in [1.165, 1.54) is 5.56 Å². The van der Waals surface area contributed by atoms with Crippen LogP contribution in [0.15, 0.2) is 42.7 Å². The van der Waals surface area contributed by atoms with Crippen molar-refractivity contribution in [3.05, 3.63) is 48.3 Å². The average molecular weight is 286 g/mol. The van der Waals surface area contributed by atoms with Crippen molar-refractivity contribution >= 4 is 5.82 Å². The molecule has 0 bridgehead atoms. The van der Waals surface area contributed by atoms with Gasteiger partial charge in [0.2, 0.25) is 5.88 Å².